The van der Waals surface area contributed by atoms with Gasteiger partial charge < -0.3 is 20.7 Å². The zero-order chi connectivity index (χ0) is 28.0. The van der Waals surface area contributed by atoms with Crippen molar-refractivity contribution < 1.29 is 19.1 Å². The second-order valence-electron chi connectivity index (χ2n) is 10.8. The third-order valence-electron chi connectivity index (χ3n) is 7.66. The second-order valence-corrected chi connectivity index (χ2v) is 12.0. The number of likely N-dealkylation sites (tertiary alicyclic amines) is 1. The van der Waals surface area contributed by atoms with Gasteiger partial charge in [-0.1, -0.05) is 38.1 Å². The summed E-state index contributed by atoms with van der Waals surface area (Å²) < 4.78 is 6.07. The molecule has 1 atom stereocenters. The molecule has 0 radical (unpaired) electrons. The van der Waals surface area contributed by atoms with E-state index in [1.807, 2.05) is 38.1 Å². The van der Waals surface area contributed by atoms with E-state index < -0.39 is 5.41 Å². The van der Waals surface area contributed by atoms with Crippen LogP contribution < -0.4 is 20.7 Å². The van der Waals surface area contributed by atoms with Crippen molar-refractivity contribution in [3.05, 3.63) is 52.6 Å². The van der Waals surface area contributed by atoms with Crippen molar-refractivity contribution in [2.45, 2.75) is 53.0 Å². The van der Waals surface area contributed by atoms with Crippen molar-refractivity contribution in [3.8, 4) is 5.75 Å². The van der Waals surface area contributed by atoms with Gasteiger partial charge in [-0.2, -0.15) is 0 Å². The number of benzene rings is 1. The smallest absolute Gasteiger partial charge is 0.255 e. The highest BCUT2D eigenvalue weighted by molar-refractivity contribution is 7.15. The maximum atomic E-state index is 13.8. The molecule has 1 aromatic carbocycles. The molecule has 0 unspecified atom stereocenters. The predicted molar refractivity (Wildman–Crippen MR) is 153 cm³/mol. The highest BCUT2D eigenvalue weighted by Gasteiger charge is 2.41. The van der Waals surface area contributed by atoms with E-state index in [4.69, 9.17) is 4.74 Å². The molecule has 2 aliphatic rings. The summed E-state index contributed by atoms with van der Waals surface area (Å²) in [5.74, 6) is 0.365. The van der Waals surface area contributed by atoms with Crippen LogP contribution >= 0.6 is 11.3 Å². The molecule has 2 aromatic rings. The lowest BCUT2D eigenvalue weighted by atomic mass is 9.74. The first-order chi connectivity index (χ1) is 18.7. The number of para-hydroxylation sites is 1. The van der Waals surface area contributed by atoms with Gasteiger partial charge in [0, 0.05) is 11.4 Å². The first kappa shape index (κ1) is 28.8. The number of allylic oxidation sites excluding steroid dienone is 1. The Morgan fingerprint density at radius 2 is 1.95 bits per heavy atom. The van der Waals surface area contributed by atoms with Crippen LogP contribution in [0, 0.1) is 25.2 Å². The summed E-state index contributed by atoms with van der Waals surface area (Å²) in [7, 11) is 0. The van der Waals surface area contributed by atoms with Gasteiger partial charge in [0.2, 0.25) is 11.8 Å². The molecule has 9 nitrogen and oxygen atoms in total. The van der Waals surface area contributed by atoms with Crippen LogP contribution in [0.25, 0.3) is 0 Å². The monoisotopic (exact) mass is 553 g/mol. The molecule has 1 fully saturated rings. The van der Waals surface area contributed by atoms with Crippen LogP contribution in [0.4, 0.5) is 5.13 Å². The number of nitrogens with zero attached hydrogens (tertiary/aromatic N) is 2. The summed E-state index contributed by atoms with van der Waals surface area (Å²) in [5.41, 5.74) is 0.813. The summed E-state index contributed by atoms with van der Waals surface area (Å²) >= 11 is 1.48. The molecule has 0 saturated carbocycles. The topological polar surface area (TPSA) is 113 Å². The molecule has 1 spiro atoms. The average Bonchev–Trinajstić information content (AvgIpc) is 3.22. The van der Waals surface area contributed by atoms with E-state index >= 15 is 0 Å². The van der Waals surface area contributed by atoms with E-state index in [0.29, 0.717) is 55.3 Å². The van der Waals surface area contributed by atoms with Crippen LogP contribution in [0.3, 0.4) is 0 Å². The molecule has 0 bridgehead atoms. The molecule has 1 aromatic heterocycles. The van der Waals surface area contributed by atoms with Crippen molar-refractivity contribution in [2.24, 2.45) is 11.3 Å². The minimum Gasteiger partial charge on any atom is -0.491 e. The molecule has 1 saturated heterocycles. The van der Waals surface area contributed by atoms with E-state index in [-0.39, 0.29) is 42.8 Å². The molecule has 39 heavy (non-hydrogen) atoms. The fourth-order valence-corrected chi connectivity index (χ4v) is 5.70. The second kappa shape index (κ2) is 12.7. The molecule has 10 heteroatoms. The maximum absolute atomic E-state index is 13.8. The van der Waals surface area contributed by atoms with Crippen LogP contribution in [0.2, 0.25) is 0 Å². The molecule has 4 rings (SSSR count). The minimum atomic E-state index is -0.591. The SMILES string of the molecule is Cc1nc(NC(=O)CN2CCC3(C/C=C/CNC(=O)c4ccccc4OC[C@@H](C(C)C)NC3=O)CC2)sc1C. The number of aromatic nitrogens is 1. The highest BCUT2D eigenvalue weighted by Crippen LogP contribution is 2.36. The molecule has 2 aliphatic heterocycles. The lowest BCUT2D eigenvalue weighted by Gasteiger charge is -2.41. The number of aryl methyl sites for hydroxylation is 2. The molecular formula is C29H39N5O4S. The third kappa shape index (κ3) is 7.24. The Morgan fingerprint density at radius 3 is 2.64 bits per heavy atom. The number of thiazole rings is 1. The quantitative estimate of drug-likeness (QED) is 0.498. The summed E-state index contributed by atoms with van der Waals surface area (Å²) in [6, 6.07) is 6.95. The van der Waals surface area contributed by atoms with Crippen LogP contribution in [-0.4, -0.2) is 66.4 Å². The van der Waals surface area contributed by atoms with Crippen LogP contribution in [-0.2, 0) is 9.59 Å². The molecular weight excluding hydrogens is 514 g/mol. The van der Waals surface area contributed by atoms with Crippen LogP contribution in [0.1, 0.15) is 54.0 Å². The van der Waals surface area contributed by atoms with Gasteiger partial charge in [-0.3, -0.25) is 19.3 Å². The van der Waals surface area contributed by atoms with Crippen LogP contribution in [0.5, 0.6) is 5.75 Å². The van der Waals surface area contributed by atoms with E-state index in [9.17, 15) is 14.4 Å². The number of hydrogen-bond donors (Lipinski definition) is 3. The zero-order valence-electron chi connectivity index (χ0n) is 23.2. The lowest BCUT2D eigenvalue weighted by Crippen LogP contribution is -2.54. The third-order valence-corrected chi connectivity index (χ3v) is 8.65. The average molecular weight is 554 g/mol. The van der Waals surface area contributed by atoms with Crippen molar-refractivity contribution in [2.75, 3.05) is 38.1 Å². The fourth-order valence-electron chi connectivity index (χ4n) is 4.87. The van der Waals surface area contributed by atoms with Crippen molar-refractivity contribution in [1.82, 2.24) is 20.5 Å². The Bertz CT molecular complexity index is 1200. The van der Waals surface area contributed by atoms with Gasteiger partial charge in [0.15, 0.2) is 5.13 Å². The number of hydrogen-bond acceptors (Lipinski definition) is 7. The number of anilines is 1. The number of amides is 3. The first-order valence-electron chi connectivity index (χ1n) is 13.6. The standard InChI is InChI=1S/C29H39N5O4S/c1-19(2)23-18-38-24-10-6-5-9-22(24)26(36)30-14-8-7-11-29(27(37)32-23)12-15-34(16-13-29)17-25(35)33-28-31-20(3)21(4)39-28/h5-10,19,23H,11-18H2,1-4H3,(H,30,36)(H,32,37)(H,31,33,35)/b8-7+/t23-/m0/s1. The Balaban J connectivity index is 1.44. The van der Waals surface area contributed by atoms with Gasteiger partial charge in [-0.25, -0.2) is 4.98 Å². The number of ether oxygens (including phenoxy) is 1. The largest absolute Gasteiger partial charge is 0.491 e. The number of rotatable bonds is 4. The molecule has 3 N–H and O–H groups in total. The molecule has 3 amide bonds. The van der Waals surface area contributed by atoms with Crippen LogP contribution in [0.15, 0.2) is 36.4 Å². The van der Waals surface area contributed by atoms with Gasteiger partial charge in [0.1, 0.15) is 12.4 Å². The molecule has 210 valence electrons. The summed E-state index contributed by atoms with van der Waals surface area (Å²) in [6.45, 7) is 10.2. The first-order valence-corrected chi connectivity index (χ1v) is 14.4. The van der Waals surface area contributed by atoms with E-state index in [1.165, 1.54) is 11.3 Å². The maximum Gasteiger partial charge on any atom is 0.255 e. The number of carbonyl (C=O) groups is 3. The van der Waals surface area contributed by atoms with Gasteiger partial charge >= 0.3 is 0 Å². The predicted octanol–water partition coefficient (Wildman–Crippen LogP) is 3.69. The van der Waals surface area contributed by atoms with Gasteiger partial charge in [0.05, 0.1) is 29.3 Å². The van der Waals surface area contributed by atoms with Crippen molar-refractivity contribution in [1.29, 1.82) is 0 Å². The molecule has 0 aliphatic carbocycles. The van der Waals surface area contributed by atoms with E-state index in [0.717, 1.165) is 10.6 Å². The normalized spacial score (nSPS) is 21.3. The Morgan fingerprint density at radius 1 is 1.21 bits per heavy atom. The zero-order valence-corrected chi connectivity index (χ0v) is 24.0. The van der Waals surface area contributed by atoms with E-state index in [1.54, 1.807) is 12.1 Å². The summed E-state index contributed by atoms with van der Waals surface area (Å²) in [4.78, 5) is 46.8. The van der Waals surface area contributed by atoms with Gasteiger partial charge in [-0.15, -0.1) is 11.3 Å². The minimum absolute atomic E-state index is 0.0154. The Hall–Kier alpha value is -3.24. The summed E-state index contributed by atoms with van der Waals surface area (Å²) in [6.07, 6.45) is 5.72. The Kier molecular flexibility index (Phi) is 9.40. The van der Waals surface area contributed by atoms with E-state index in [2.05, 4.69) is 39.7 Å². The van der Waals surface area contributed by atoms with Gasteiger partial charge in [-0.05, 0) is 64.3 Å². The van der Waals surface area contributed by atoms with Gasteiger partial charge in [0.25, 0.3) is 5.91 Å². The lowest BCUT2D eigenvalue weighted by molar-refractivity contribution is -0.135. The highest BCUT2D eigenvalue weighted by atomic mass is 32.1. The number of fused-ring (bicyclic) bond motifs is 1. The summed E-state index contributed by atoms with van der Waals surface area (Å²) in [5, 5.41) is 9.71. The number of carbonyl (C=O) groups excluding carboxylic acids is 3. The van der Waals surface area contributed by atoms with Crippen molar-refractivity contribution >= 4 is 34.2 Å². The van der Waals surface area contributed by atoms with Crippen molar-refractivity contribution in [3.63, 3.8) is 0 Å². The Labute approximate surface area is 234 Å². The molecule has 3 heterocycles. The number of nitrogens with one attached hydrogen (secondary N) is 3. The number of piperidine rings is 1. The fraction of sp³-hybridized carbons (Fsp3) is 0.517.